The second-order valence-corrected chi connectivity index (χ2v) is 8.23. The van der Waals surface area contributed by atoms with E-state index in [0.29, 0.717) is 34.0 Å². The van der Waals surface area contributed by atoms with Crippen molar-refractivity contribution in [2.45, 2.75) is 39.1 Å². The highest BCUT2D eigenvalue weighted by Crippen LogP contribution is 2.42. The lowest BCUT2D eigenvalue weighted by Crippen LogP contribution is -2.37. The number of primary amides is 1. The lowest BCUT2D eigenvalue weighted by molar-refractivity contribution is -0.122. The summed E-state index contributed by atoms with van der Waals surface area (Å²) in [5.74, 6) is 0.818. The van der Waals surface area contributed by atoms with Crippen LogP contribution >= 0.6 is 11.6 Å². The quantitative estimate of drug-likeness (QED) is 0.377. The molecule has 0 saturated heterocycles. The van der Waals surface area contributed by atoms with Crippen molar-refractivity contribution in [1.29, 1.82) is 0 Å². The molecule has 0 spiro atoms. The summed E-state index contributed by atoms with van der Waals surface area (Å²) in [6.45, 7) is 3.83. The molecule has 1 aliphatic rings. The smallest absolute Gasteiger partial charge is 0.253 e. The van der Waals surface area contributed by atoms with Gasteiger partial charge in [-0.1, -0.05) is 18.5 Å². The van der Waals surface area contributed by atoms with E-state index in [9.17, 15) is 19.5 Å². The summed E-state index contributed by atoms with van der Waals surface area (Å²) < 4.78 is 5.66. The van der Waals surface area contributed by atoms with Gasteiger partial charge < -0.3 is 25.9 Å². The van der Waals surface area contributed by atoms with E-state index in [2.05, 4.69) is 10.6 Å². The Kier molecular flexibility index (Phi) is 5.81. The van der Waals surface area contributed by atoms with Gasteiger partial charge in [-0.15, -0.1) is 0 Å². The first kappa shape index (κ1) is 22.1. The van der Waals surface area contributed by atoms with E-state index in [0.717, 1.165) is 5.76 Å². The molecule has 1 aromatic heterocycles. The minimum atomic E-state index is -1.14. The zero-order valence-electron chi connectivity index (χ0n) is 17.6. The number of aliphatic hydroxyl groups is 1. The van der Waals surface area contributed by atoms with Crippen LogP contribution in [0, 0.1) is 6.92 Å². The van der Waals surface area contributed by atoms with Gasteiger partial charge in [-0.3, -0.25) is 19.3 Å². The lowest BCUT2D eigenvalue weighted by atomic mass is 10.1. The molecule has 2 heterocycles. The van der Waals surface area contributed by atoms with Gasteiger partial charge in [0.2, 0.25) is 5.91 Å². The van der Waals surface area contributed by atoms with Gasteiger partial charge in [0.1, 0.15) is 29.1 Å². The average molecular weight is 459 g/mol. The van der Waals surface area contributed by atoms with Gasteiger partial charge in [0.25, 0.3) is 10.9 Å². The SMILES string of the molecule is CC[C@@H](Nc1c(Nc2ccc(Cl)c3c2C(O)N(CC(N)=O)C3)c(=O)c1=O)c1ccc(C)o1. The number of anilines is 3. The molecule has 1 unspecified atom stereocenters. The van der Waals surface area contributed by atoms with Gasteiger partial charge in [0.05, 0.1) is 12.6 Å². The molecule has 2 atom stereocenters. The number of nitrogens with zero attached hydrogens (tertiary/aromatic N) is 1. The van der Waals surface area contributed by atoms with Crippen LogP contribution in [0.15, 0.2) is 38.3 Å². The zero-order valence-corrected chi connectivity index (χ0v) is 18.3. The Bertz CT molecular complexity index is 1260. The third kappa shape index (κ3) is 3.79. The molecule has 1 aliphatic heterocycles. The van der Waals surface area contributed by atoms with Crippen LogP contribution in [0.2, 0.25) is 5.02 Å². The van der Waals surface area contributed by atoms with E-state index in [1.54, 1.807) is 12.1 Å². The Morgan fingerprint density at radius 3 is 2.62 bits per heavy atom. The molecule has 0 aliphatic carbocycles. The van der Waals surface area contributed by atoms with Crippen molar-refractivity contribution in [3.05, 3.63) is 72.4 Å². The lowest BCUT2D eigenvalue weighted by Gasteiger charge is -2.22. The maximum atomic E-state index is 12.4. The van der Waals surface area contributed by atoms with Crippen LogP contribution in [0.1, 0.15) is 48.3 Å². The van der Waals surface area contributed by atoms with Crippen molar-refractivity contribution >= 4 is 34.6 Å². The molecule has 32 heavy (non-hydrogen) atoms. The number of nitrogens with two attached hydrogens (primary N) is 1. The summed E-state index contributed by atoms with van der Waals surface area (Å²) in [6.07, 6.45) is -0.515. The number of nitrogens with one attached hydrogen (secondary N) is 2. The summed E-state index contributed by atoms with van der Waals surface area (Å²) in [7, 11) is 0. The second kappa shape index (κ2) is 8.42. The molecule has 0 bridgehead atoms. The topological polar surface area (TPSA) is 138 Å². The number of aryl methyl sites for hydroxylation is 1. The van der Waals surface area contributed by atoms with Crippen LogP contribution in [-0.4, -0.2) is 22.5 Å². The molecule has 10 heteroatoms. The van der Waals surface area contributed by atoms with Crippen LogP contribution in [0.25, 0.3) is 0 Å². The molecule has 1 amide bonds. The molecule has 4 rings (SSSR count). The number of furan rings is 1. The average Bonchev–Trinajstić information content (AvgIpc) is 3.32. The zero-order chi connectivity index (χ0) is 23.2. The number of aliphatic hydroxyl groups excluding tert-OH is 1. The first-order valence-corrected chi connectivity index (χ1v) is 10.5. The monoisotopic (exact) mass is 458 g/mol. The highest BCUT2D eigenvalue weighted by atomic mass is 35.5. The summed E-state index contributed by atoms with van der Waals surface area (Å²) in [5.41, 5.74) is 5.71. The molecule has 168 valence electrons. The van der Waals surface area contributed by atoms with Gasteiger partial charge in [-0.25, -0.2) is 0 Å². The van der Waals surface area contributed by atoms with Crippen molar-refractivity contribution in [2.24, 2.45) is 5.73 Å². The fourth-order valence-electron chi connectivity index (χ4n) is 3.99. The van der Waals surface area contributed by atoms with Gasteiger partial charge in [-0.2, -0.15) is 0 Å². The fraction of sp³-hybridized carbons (Fsp3) is 0.318. The second-order valence-electron chi connectivity index (χ2n) is 7.82. The van der Waals surface area contributed by atoms with Crippen molar-refractivity contribution in [3.8, 4) is 0 Å². The van der Waals surface area contributed by atoms with Crippen LogP contribution in [-0.2, 0) is 11.3 Å². The molecular weight excluding hydrogens is 436 g/mol. The summed E-state index contributed by atoms with van der Waals surface area (Å²) >= 11 is 6.29. The molecular formula is C22H23ClN4O5. The Morgan fingerprint density at radius 2 is 2.00 bits per heavy atom. The molecule has 0 fully saturated rings. The predicted octanol–water partition coefficient (Wildman–Crippen LogP) is 2.44. The van der Waals surface area contributed by atoms with Gasteiger partial charge >= 0.3 is 0 Å². The summed E-state index contributed by atoms with van der Waals surface area (Å²) in [5, 5.41) is 17.2. The van der Waals surface area contributed by atoms with E-state index in [-0.39, 0.29) is 30.5 Å². The van der Waals surface area contributed by atoms with Crippen LogP contribution < -0.4 is 27.2 Å². The van der Waals surface area contributed by atoms with E-state index >= 15 is 0 Å². The maximum Gasteiger partial charge on any atom is 0.253 e. The number of fused-ring (bicyclic) bond motifs is 1. The Morgan fingerprint density at radius 1 is 1.28 bits per heavy atom. The Hall–Kier alpha value is -3.14. The number of halogens is 1. The largest absolute Gasteiger partial charge is 0.464 e. The Labute approximate surface area is 188 Å². The molecule has 2 aromatic carbocycles. The summed E-state index contributed by atoms with van der Waals surface area (Å²) in [4.78, 5) is 37.5. The van der Waals surface area contributed by atoms with E-state index in [1.165, 1.54) is 4.90 Å². The highest BCUT2D eigenvalue weighted by Gasteiger charge is 2.34. The number of carbonyl (C=O) groups excluding carboxylic acids is 1. The molecule has 9 nitrogen and oxygen atoms in total. The number of hydrogen-bond donors (Lipinski definition) is 4. The molecule has 0 radical (unpaired) electrons. The number of carbonyl (C=O) groups is 1. The van der Waals surface area contributed by atoms with Crippen molar-refractivity contribution < 1.29 is 14.3 Å². The maximum absolute atomic E-state index is 12.4. The first-order chi connectivity index (χ1) is 15.2. The van der Waals surface area contributed by atoms with E-state index < -0.39 is 23.0 Å². The number of rotatable bonds is 8. The van der Waals surface area contributed by atoms with E-state index in [4.69, 9.17) is 21.8 Å². The van der Waals surface area contributed by atoms with Crippen molar-refractivity contribution in [1.82, 2.24) is 4.90 Å². The van der Waals surface area contributed by atoms with Crippen LogP contribution in [0.5, 0.6) is 0 Å². The first-order valence-electron chi connectivity index (χ1n) is 10.2. The van der Waals surface area contributed by atoms with Crippen molar-refractivity contribution in [2.75, 3.05) is 17.2 Å². The molecule has 5 N–H and O–H groups in total. The third-order valence-corrected chi connectivity index (χ3v) is 5.98. The number of hydrogen-bond acceptors (Lipinski definition) is 8. The minimum Gasteiger partial charge on any atom is -0.464 e. The van der Waals surface area contributed by atoms with Crippen LogP contribution in [0.4, 0.5) is 17.1 Å². The van der Waals surface area contributed by atoms with Gasteiger partial charge in [-0.05, 0) is 43.2 Å². The molecule has 3 aromatic rings. The summed E-state index contributed by atoms with van der Waals surface area (Å²) in [6, 6.07) is 6.61. The Balaban J connectivity index is 1.64. The fourth-order valence-corrected chi connectivity index (χ4v) is 4.21. The third-order valence-electron chi connectivity index (χ3n) is 5.63. The van der Waals surface area contributed by atoms with Crippen LogP contribution in [0.3, 0.4) is 0 Å². The standard InChI is InChI=1S/C22H23ClN4O5/c1-3-13(15-7-4-10(2)32-15)25-18-19(21(30)20(18)29)26-14-6-5-12(23)11-8-27(9-16(24)28)22(31)17(11)14/h4-7,13,22,25-26,31H,3,8-9H2,1-2H3,(H2,24,28)/t13-,22?/m1/s1. The minimum absolute atomic E-state index is 0.0989. The normalized spacial score (nSPS) is 16.8. The van der Waals surface area contributed by atoms with Gasteiger partial charge in [0, 0.05) is 22.8 Å². The highest BCUT2D eigenvalue weighted by molar-refractivity contribution is 6.31. The number of benzene rings is 1. The molecule has 0 saturated carbocycles. The number of amides is 1. The van der Waals surface area contributed by atoms with Crippen molar-refractivity contribution in [3.63, 3.8) is 0 Å². The van der Waals surface area contributed by atoms with Gasteiger partial charge in [0.15, 0.2) is 0 Å². The van der Waals surface area contributed by atoms with E-state index in [1.807, 2.05) is 26.0 Å². The predicted molar refractivity (Wildman–Crippen MR) is 121 cm³/mol.